The van der Waals surface area contributed by atoms with E-state index >= 15 is 0 Å². The van der Waals surface area contributed by atoms with E-state index in [1.807, 2.05) is 12.1 Å². The first kappa shape index (κ1) is 17.2. The first-order chi connectivity index (χ1) is 12.1. The van der Waals surface area contributed by atoms with Crippen molar-refractivity contribution in [3.05, 3.63) is 65.2 Å². The van der Waals surface area contributed by atoms with Crippen LogP contribution in [0.2, 0.25) is 0 Å². The van der Waals surface area contributed by atoms with Crippen LogP contribution in [-0.2, 0) is 4.79 Å². The summed E-state index contributed by atoms with van der Waals surface area (Å²) in [4.78, 5) is 26.2. The van der Waals surface area contributed by atoms with Gasteiger partial charge in [0.1, 0.15) is 0 Å². The average Bonchev–Trinajstić information content (AvgIpc) is 3.03. The fourth-order valence-corrected chi connectivity index (χ4v) is 3.51. The van der Waals surface area contributed by atoms with E-state index in [1.165, 1.54) is 11.1 Å². The number of anilines is 1. The second kappa shape index (κ2) is 7.49. The molecule has 0 aromatic heterocycles. The number of primary amides is 1. The van der Waals surface area contributed by atoms with Crippen LogP contribution in [-0.4, -0.2) is 29.8 Å². The molecule has 3 N–H and O–H groups in total. The predicted octanol–water partition coefficient (Wildman–Crippen LogP) is 2.87. The number of carbonyl (C=O) groups is 2. The van der Waals surface area contributed by atoms with E-state index in [4.69, 9.17) is 5.73 Å². The molecular formula is C20H23N3O2. The van der Waals surface area contributed by atoms with Gasteiger partial charge in [-0.3, -0.25) is 14.5 Å². The number of nitrogens with two attached hydrogens (primary N) is 1. The number of aryl methyl sites for hydroxylation is 1. The predicted molar refractivity (Wildman–Crippen MR) is 98.3 cm³/mol. The number of nitrogens with zero attached hydrogens (tertiary/aromatic N) is 1. The van der Waals surface area contributed by atoms with E-state index in [0.29, 0.717) is 17.8 Å². The molecule has 0 spiro atoms. The minimum atomic E-state index is -0.546. The van der Waals surface area contributed by atoms with Crippen molar-refractivity contribution in [1.29, 1.82) is 0 Å². The van der Waals surface area contributed by atoms with Crippen LogP contribution in [0.1, 0.15) is 40.4 Å². The van der Waals surface area contributed by atoms with Crippen molar-refractivity contribution in [3.63, 3.8) is 0 Å². The maximum absolute atomic E-state index is 12.5. The second-order valence-electron chi connectivity index (χ2n) is 6.44. The van der Waals surface area contributed by atoms with Gasteiger partial charge in [0.25, 0.3) is 5.91 Å². The van der Waals surface area contributed by atoms with Gasteiger partial charge in [-0.15, -0.1) is 0 Å². The second-order valence-corrected chi connectivity index (χ2v) is 6.44. The van der Waals surface area contributed by atoms with E-state index in [-0.39, 0.29) is 11.9 Å². The van der Waals surface area contributed by atoms with Crippen LogP contribution in [0.4, 0.5) is 5.69 Å². The molecule has 2 aromatic carbocycles. The molecule has 0 bridgehead atoms. The number of para-hydroxylation sites is 1. The highest BCUT2D eigenvalue weighted by Crippen LogP contribution is 2.33. The van der Waals surface area contributed by atoms with Gasteiger partial charge in [0.15, 0.2) is 0 Å². The number of amides is 2. The zero-order valence-electron chi connectivity index (χ0n) is 14.4. The van der Waals surface area contributed by atoms with Crippen LogP contribution in [0.3, 0.4) is 0 Å². The molecule has 1 aliphatic heterocycles. The van der Waals surface area contributed by atoms with Crippen molar-refractivity contribution < 1.29 is 9.59 Å². The fourth-order valence-electron chi connectivity index (χ4n) is 3.51. The number of nitrogens with one attached hydrogen (secondary N) is 1. The Morgan fingerprint density at radius 1 is 1.16 bits per heavy atom. The lowest BCUT2D eigenvalue weighted by atomic mass is 9.99. The molecule has 0 radical (unpaired) electrons. The highest BCUT2D eigenvalue weighted by atomic mass is 16.2. The van der Waals surface area contributed by atoms with Gasteiger partial charge in [-0.2, -0.15) is 0 Å². The first-order valence-electron chi connectivity index (χ1n) is 8.54. The van der Waals surface area contributed by atoms with Gasteiger partial charge < -0.3 is 11.1 Å². The number of carbonyl (C=O) groups excluding carboxylic acids is 2. The molecule has 3 rings (SSSR count). The summed E-state index contributed by atoms with van der Waals surface area (Å²) >= 11 is 0. The summed E-state index contributed by atoms with van der Waals surface area (Å²) in [6.07, 6.45) is 2.13. The first-order valence-corrected chi connectivity index (χ1v) is 8.54. The Morgan fingerprint density at radius 2 is 1.88 bits per heavy atom. The largest absolute Gasteiger partial charge is 0.366 e. The van der Waals surface area contributed by atoms with Gasteiger partial charge in [-0.25, -0.2) is 0 Å². The molecule has 1 fully saturated rings. The van der Waals surface area contributed by atoms with Gasteiger partial charge in [0.2, 0.25) is 5.91 Å². The maximum atomic E-state index is 12.5. The Bertz CT molecular complexity index is 788. The molecule has 0 aliphatic carbocycles. The summed E-state index contributed by atoms with van der Waals surface area (Å²) in [5.41, 5.74) is 8.69. The van der Waals surface area contributed by atoms with E-state index in [1.54, 1.807) is 24.3 Å². The standard InChI is InChI=1S/C20H23N3O2/c1-14-7-2-3-8-15(14)18-11-6-12-23(18)13-19(24)22-17-10-5-4-9-16(17)20(21)25/h2-5,7-10,18H,6,11-13H2,1H3,(H2,21,25)(H,22,24). The lowest BCUT2D eigenvalue weighted by Gasteiger charge is -2.25. The van der Waals surface area contributed by atoms with Crippen molar-refractivity contribution in [2.24, 2.45) is 5.73 Å². The van der Waals surface area contributed by atoms with Crippen LogP contribution in [0.15, 0.2) is 48.5 Å². The Balaban J connectivity index is 1.71. The number of hydrogen-bond donors (Lipinski definition) is 2. The summed E-state index contributed by atoms with van der Waals surface area (Å²) in [6.45, 7) is 3.30. The van der Waals surface area contributed by atoms with Crippen molar-refractivity contribution >= 4 is 17.5 Å². The Morgan fingerprint density at radius 3 is 2.64 bits per heavy atom. The minimum Gasteiger partial charge on any atom is -0.366 e. The van der Waals surface area contributed by atoms with E-state index in [2.05, 4.69) is 29.3 Å². The molecule has 1 saturated heterocycles. The van der Waals surface area contributed by atoms with Crippen LogP contribution in [0.25, 0.3) is 0 Å². The van der Waals surface area contributed by atoms with Gasteiger partial charge >= 0.3 is 0 Å². The average molecular weight is 337 g/mol. The highest BCUT2D eigenvalue weighted by molar-refractivity contribution is 6.03. The topological polar surface area (TPSA) is 75.4 Å². The number of benzene rings is 2. The molecule has 130 valence electrons. The van der Waals surface area contributed by atoms with E-state index in [9.17, 15) is 9.59 Å². The van der Waals surface area contributed by atoms with Gasteiger partial charge in [-0.05, 0) is 49.6 Å². The summed E-state index contributed by atoms with van der Waals surface area (Å²) in [7, 11) is 0. The molecule has 25 heavy (non-hydrogen) atoms. The fraction of sp³-hybridized carbons (Fsp3) is 0.300. The smallest absolute Gasteiger partial charge is 0.250 e. The summed E-state index contributed by atoms with van der Waals surface area (Å²) in [5.74, 6) is -0.677. The molecule has 5 nitrogen and oxygen atoms in total. The molecular weight excluding hydrogens is 314 g/mol. The van der Waals surface area contributed by atoms with Gasteiger partial charge in [-0.1, -0.05) is 36.4 Å². The number of hydrogen-bond acceptors (Lipinski definition) is 3. The third kappa shape index (κ3) is 3.88. The summed E-state index contributed by atoms with van der Waals surface area (Å²) in [5, 5.41) is 2.82. The zero-order valence-corrected chi connectivity index (χ0v) is 14.4. The van der Waals surface area contributed by atoms with Crippen LogP contribution in [0.5, 0.6) is 0 Å². The van der Waals surface area contributed by atoms with E-state index in [0.717, 1.165) is 19.4 Å². The Kier molecular flexibility index (Phi) is 5.14. The third-order valence-electron chi connectivity index (χ3n) is 4.72. The number of rotatable bonds is 5. The minimum absolute atomic E-state index is 0.130. The molecule has 0 saturated carbocycles. The van der Waals surface area contributed by atoms with Crippen LogP contribution in [0, 0.1) is 6.92 Å². The molecule has 5 heteroatoms. The molecule has 1 unspecified atom stereocenters. The lowest BCUT2D eigenvalue weighted by molar-refractivity contribution is -0.117. The normalized spacial score (nSPS) is 17.4. The summed E-state index contributed by atoms with van der Waals surface area (Å²) < 4.78 is 0. The monoisotopic (exact) mass is 337 g/mol. The van der Waals surface area contributed by atoms with E-state index < -0.39 is 5.91 Å². The summed E-state index contributed by atoms with van der Waals surface area (Å²) in [6, 6.07) is 15.4. The Hall–Kier alpha value is -2.66. The molecule has 2 amide bonds. The van der Waals surface area contributed by atoms with Crippen LogP contribution >= 0.6 is 0 Å². The SMILES string of the molecule is Cc1ccccc1C1CCCN1CC(=O)Nc1ccccc1C(N)=O. The lowest BCUT2D eigenvalue weighted by Crippen LogP contribution is -2.33. The van der Waals surface area contributed by atoms with Crippen molar-refractivity contribution in [1.82, 2.24) is 4.90 Å². The highest BCUT2D eigenvalue weighted by Gasteiger charge is 2.28. The van der Waals surface area contributed by atoms with Gasteiger partial charge in [0, 0.05) is 6.04 Å². The molecule has 1 atom stereocenters. The van der Waals surface area contributed by atoms with Gasteiger partial charge in [0.05, 0.1) is 17.8 Å². The third-order valence-corrected chi connectivity index (χ3v) is 4.72. The van der Waals surface area contributed by atoms with Crippen molar-refractivity contribution in [2.75, 3.05) is 18.4 Å². The van der Waals surface area contributed by atoms with Crippen LogP contribution < -0.4 is 11.1 Å². The zero-order chi connectivity index (χ0) is 17.8. The van der Waals surface area contributed by atoms with Crippen molar-refractivity contribution in [2.45, 2.75) is 25.8 Å². The molecule has 1 heterocycles. The molecule has 2 aromatic rings. The maximum Gasteiger partial charge on any atom is 0.250 e. The number of likely N-dealkylation sites (tertiary alicyclic amines) is 1. The molecule has 1 aliphatic rings. The quantitative estimate of drug-likeness (QED) is 0.881. The Labute approximate surface area is 147 Å². The van der Waals surface area contributed by atoms with Crippen molar-refractivity contribution in [3.8, 4) is 0 Å².